The average molecular weight is 326 g/mol. The lowest BCUT2D eigenvalue weighted by Crippen LogP contribution is -2.42. The standard InChI is InChI=1S/C17H35N5O/c1-5-15-9-7-8-13-22(15)14-12-20-17(18-6-2)19-11-10-16(23)21(3)4/h15H,5-14H2,1-4H3,(H2,18,19,20). The molecule has 1 aliphatic rings. The van der Waals surface area contributed by atoms with Crippen LogP contribution >= 0.6 is 0 Å². The van der Waals surface area contributed by atoms with Gasteiger partial charge in [-0.25, -0.2) is 0 Å². The molecule has 2 N–H and O–H groups in total. The molecule has 0 aliphatic carbocycles. The van der Waals surface area contributed by atoms with Gasteiger partial charge in [-0.1, -0.05) is 13.3 Å². The maximum Gasteiger partial charge on any atom is 0.223 e. The fourth-order valence-corrected chi connectivity index (χ4v) is 2.96. The van der Waals surface area contributed by atoms with Crippen LogP contribution in [0, 0.1) is 0 Å². The third-order valence-corrected chi connectivity index (χ3v) is 4.35. The molecule has 1 aliphatic heterocycles. The van der Waals surface area contributed by atoms with Crippen molar-refractivity contribution in [3.05, 3.63) is 0 Å². The van der Waals surface area contributed by atoms with E-state index in [-0.39, 0.29) is 5.91 Å². The lowest BCUT2D eigenvalue weighted by Gasteiger charge is -2.34. The van der Waals surface area contributed by atoms with Crippen molar-refractivity contribution in [1.82, 2.24) is 20.4 Å². The summed E-state index contributed by atoms with van der Waals surface area (Å²) in [6.07, 6.45) is 5.72. The first-order chi connectivity index (χ1) is 11.1. The zero-order valence-electron chi connectivity index (χ0n) is 15.4. The number of amides is 1. The van der Waals surface area contributed by atoms with Crippen LogP contribution < -0.4 is 10.6 Å². The van der Waals surface area contributed by atoms with E-state index in [9.17, 15) is 4.79 Å². The largest absolute Gasteiger partial charge is 0.357 e. The van der Waals surface area contributed by atoms with Crippen molar-refractivity contribution < 1.29 is 4.79 Å². The van der Waals surface area contributed by atoms with Crippen LogP contribution in [0.2, 0.25) is 0 Å². The molecular weight excluding hydrogens is 290 g/mol. The summed E-state index contributed by atoms with van der Waals surface area (Å²) in [5.41, 5.74) is 0. The van der Waals surface area contributed by atoms with Gasteiger partial charge < -0.3 is 15.5 Å². The van der Waals surface area contributed by atoms with Gasteiger partial charge in [0.25, 0.3) is 0 Å². The minimum absolute atomic E-state index is 0.132. The van der Waals surface area contributed by atoms with Crippen LogP contribution in [-0.2, 0) is 4.79 Å². The van der Waals surface area contributed by atoms with Crippen LogP contribution in [0.25, 0.3) is 0 Å². The first-order valence-electron chi connectivity index (χ1n) is 9.04. The Balaban J connectivity index is 2.37. The zero-order chi connectivity index (χ0) is 17.1. The third-order valence-electron chi connectivity index (χ3n) is 4.35. The monoisotopic (exact) mass is 325 g/mol. The van der Waals surface area contributed by atoms with E-state index in [2.05, 4.69) is 34.4 Å². The minimum atomic E-state index is 0.132. The second-order valence-electron chi connectivity index (χ2n) is 6.32. The lowest BCUT2D eigenvalue weighted by atomic mass is 10.0. The Morgan fingerprint density at radius 2 is 2.04 bits per heavy atom. The molecule has 0 radical (unpaired) electrons. The maximum absolute atomic E-state index is 11.6. The second-order valence-corrected chi connectivity index (χ2v) is 6.32. The molecule has 0 bridgehead atoms. The number of carbonyl (C=O) groups excluding carboxylic acids is 1. The molecule has 1 amide bonds. The fourth-order valence-electron chi connectivity index (χ4n) is 2.96. The highest BCUT2D eigenvalue weighted by atomic mass is 16.2. The Morgan fingerprint density at radius 1 is 1.26 bits per heavy atom. The lowest BCUT2D eigenvalue weighted by molar-refractivity contribution is -0.128. The molecular formula is C17H35N5O. The summed E-state index contributed by atoms with van der Waals surface area (Å²) in [5.74, 6) is 0.941. The molecule has 1 fully saturated rings. The molecule has 6 nitrogen and oxygen atoms in total. The Kier molecular flexibility index (Phi) is 9.67. The van der Waals surface area contributed by atoms with Crippen molar-refractivity contribution in [2.45, 2.75) is 52.0 Å². The smallest absolute Gasteiger partial charge is 0.223 e. The Labute approximate surface area is 141 Å². The van der Waals surface area contributed by atoms with Gasteiger partial charge >= 0.3 is 0 Å². The molecule has 0 aromatic heterocycles. The van der Waals surface area contributed by atoms with Crippen molar-refractivity contribution in [1.29, 1.82) is 0 Å². The van der Waals surface area contributed by atoms with E-state index in [0.29, 0.717) is 13.0 Å². The molecule has 1 saturated heterocycles. The molecule has 134 valence electrons. The highest BCUT2D eigenvalue weighted by molar-refractivity contribution is 5.81. The SMILES string of the molecule is CCNC(=NCCN1CCCCC1CC)NCCC(=O)N(C)C. The minimum Gasteiger partial charge on any atom is -0.357 e. The maximum atomic E-state index is 11.6. The quantitative estimate of drug-likeness (QED) is 0.521. The summed E-state index contributed by atoms with van der Waals surface area (Å²) in [7, 11) is 3.56. The Bertz CT molecular complexity index is 370. The molecule has 1 atom stereocenters. The van der Waals surface area contributed by atoms with Gasteiger partial charge in [-0.15, -0.1) is 0 Å². The van der Waals surface area contributed by atoms with Crippen LogP contribution in [0.1, 0.15) is 46.0 Å². The second kappa shape index (κ2) is 11.3. The fraction of sp³-hybridized carbons (Fsp3) is 0.882. The van der Waals surface area contributed by atoms with Gasteiger partial charge in [-0.2, -0.15) is 0 Å². The molecule has 1 rings (SSSR count). The normalized spacial score (nSPS) is 19.5. The van der Waals surface area contributed by atoms with Gasteiger partial charge in [0.1, 0.15) is 0 Å². The summed E-state index contributed by atoms with van der Waals surface area (Å²) in [6, 6.07) is 0.729. The predicted octanol–water partition coefficient (Wildman–Crippen LogP) is 1.28. The van der Waals surface area contributed by atoms with Crippen molar-refractivity contribution >= 4 is 11.9 Å². The summed E-state index contributed by atoms with van der Waals surface area (Å²) in [4.78, 5) is 20.4. The predicted molar refractivity (Wildman–Crippen MR) is 96.8 cm³/mol. The van der Waals surface area contributed by atoms with Crippen molar-refractivity contribution in [3.63, 3.8) is 0 Å². The highest BCUT2D eigenvalue weighted by Crippen LogP contribution is 2.18. The molecule has 23 heavy (non-hydrogen) atoms. The number of nitrogens with one attached hydrogen (secondary N) is 2. The number of aliphatic imine (C=N–C) groups is 1. The first-order valence-corrected chi connectivity index (χ1v) is 9.04. The number of nitrogens with zero attached hydrogens (tertiary/aromatic N) is 3. The Hall–Kier alpha value is -1.30. The van der Waals surface area contributed by atoms with E-state index < -0.39 is 0 Å². The van der Waals surface area contributed by atoms with E-state index in [1.54, 1.807) is 19.0 Å². The first kappa shape index (κ1) is 19.7. The van der Waals surface area contributed by atoms with Crippen LogP contribution in [0.3, 0.4) is 0 Å². The van der Waals surface area contributed by atoms with Gasteiger partial charge in [0.05, 0.1) is 6.54 Å². The van der Waals surface area contributed by atoms with Crippen LogP contribution in [-0.4, -0.2) is 74.5 Å². The third kappa shape index (κ3) is 7.68. The van der Waals surface area contributed by atoms with Crippen molar-refractivity contribution in [2.75, 3.05) is 46.8 Å². The summed E-state index contributed by atoms with van der Waals surface area (Å²) in [6.45, 7) is 8.80. The molecule has 0 aromatic rings. The van der Waals surface area contributed by atoms with Crippen LogP contribution in [0.15, 0.2) is 4.99 Å². The molecule has 6 heteroatoms. The number of rotatable bonds is 8. The van der Waals surface area contributed by atoms with Gasteiger partial charge in [0.15, 0.2) is 5.96 Å². The summed E-state index contributed by atoms with van der Waals surface area (Å²) >= 11 is 0. The van der Waals surface area contributed by atoms with Crippen LogP contribution in [0.4, 0.5) is 0 Å². The molecule has 0 spiro atoms. The van der Waals surface area contributed by atoms with Gasteiger partial charge in [0.2, 0.25) is 5.91 Å². The number of likely N-dealkylation sites (tertiary alicyclic amines) is 1. The van der Waals surface area contributed by atoms with E-state index >= 15 is 0 Å². The highest BCUT2D eigenvalue weighted by Gasteiger charge is 2.19. The molecule has 1 heterocycles. The van der Waals surface area contributed by atoms with E-state index in [0.717, 1.165) is 31.6 Å². The van der Waals surface area contributed by atoms with E-state index in [1.807, 2.05) is 0 Å². The van der Waals surface area contributed by atoms with Crippen molar-refractivity contribution in [2.24, 2.45) is 4.99 Å². The van der Waals surface area contributed by atoms with E-state index in [1.165, 1.54) is 32.2 Å². The number of piperidine rings is 1. The topological polar surface area (TPSA) is 60.0 Å². The average Bonchev–Trinajstić information content (AvgIpc) is 2.55. The zero-order valence-corrected chi connectivity index (χ0v) is 15.4. The number of hydrogen-bond acceptors (Lipinski definition) is 3. The number of hydrogen-bond donors (Lipinski definition) is 2. The summed E-state index contributed by atoms with van der Waals surface area (Å²) in [5, 5.41) is 6.49. The summed E-state index contributed by atoms with van der Waals surface area (Å²) < 4.78 is 0. The molecule has 1 unspecified atom stereocenters. The van der Waals surface area contributed by atoms with Gasteiger partial charge in [-0.05, 0) is 32.7 Å². The van der Waals surface area contributed by atoms with Gasteiger partial charge in [0, 0.05) is 46.2 Å². The number of guanidine groups is 1. The van der Waals surface area contributed by atoms with Crippen molar-refractivity contribution in [3.8, 4) is 0 Å². The van der Waals surface area contributed by atoms with Gasteiger partial charge in [-0.3, -0.25) is 14.7 Å². The van der Waals surface area contributed by atoms with Crippen LogP contribution in [0.5, 0.6) is 0 Å². The Morgan fingerprint density at radius 3 is 2.70 bits per heavy atom. The molecule has 0 saturated carbocycles. The number of carbonyl (C=O) groups is 1. The molecule has 0 aromatic carbocycles. The van der Waals surface area contributed by atoms with E-state index in [4.69, 9.17) is 0 Å².